The largest absolute Gasteiger partial charge is 0.462 e. The fourth-order valence-electron chi connectivity index (χ4n) is 4.29. The molecule has 0 fully saturated rings. The first-order chi connectivity index (χ1) is 17.2. The maximum atomic E-state index is 13.0. The van der Waals surface area contributed by atoms with Gasteiger partial charge >= 0.3 is 5.97 Å². The van der Waals surface area contributed by atoms with Gasteiger partial charge in [0, 0.05) is 24.9 Å². The molecule has 200 valence electrons. The number of rotatable bonds is 15. The lowest BCUT2D eigenvalue weighted by atomic mass is 9.94. The van der Waals surface area contributed by atoms with Crippen molar-refractivity contribution in [3.63, 3.8) is 0 Å². The van der Waals surface area contributed by atoms with Gasteiger partial charge in [0.25, 0.3) is 0 Å². The van der Waals surface area contributed by atoms with Crippen molar-refractivity contribution in [2.24, 2.45) is 5.92 Å². The van der Waals surface area contributed by atoms with Crippen LogP contribution >= 0.6 is 12.2 Å². The number of nitrogens with one attached hydrogen (secondary N) is 2. The molecule has 0 bridgehead atoms. The number of benzene rings is 1. The monoisotopic (exact) mass is 515 g/mol. The Kier molecular flexibility index (Phi) is 13.0. The molecule has 7 heteroatoms. The van der Waals surface area contributed by atoms with Gasteiger partial charge in [-0.3, -0.25) is 4.79 Å². The van der Waals surface area contributed by atoms with E-state index in [1.165, 1.54) is 44.9 Å². The van der Waals surface area contributed by atoms with Crippen molar-refractivity contribution in [3.8, 4) is 0 Å². The van der Waals surface area contributed by atoms with Gasteiger partial charge in [0.05, 0.1) is 18.2 Å². The molecule has 1 atom stereocenters. The number of esters is 1. The number of unbranched alkanes of at least 4 members (excludes halogenated alkanes) is 8. The second-order valence-corrected chi connectivity index (χ2v) is 10.6. The number of anilines is 1. The van der Waals surface area contributed by atoms with Crippen LogP contribution in [0.15, 0.2) is 35.5 Å². The molecule has 1 heterocycles. The number of hydrogen-bond donors (Lipinski definition) is 2. The molecule has 0 aliphatic carbocycles. The Morgan fingerprint density at radius 3 is 2.36 bits per heavy atom. The normalized spacial score (nSPS) is 15.8. The van der Waals surface area contributed by atoms with Crippen molar-refractivity contribution in [2.75, 3.05) is 19.0 Å². The number of carbonyl (C=O) groups is 2. The number of hydrogen-bond acceptors (Lipinski definition) is 4. The Morgan fingerprint density at radius 2 is 1.72 bits per heavy atom. The molecular weight excluding hydrogens is 470 g/mol. The van der Waals surface area contributed by atoms with Crippen LogP contribution in [-0.4, -0.2) is 35.5 Å². The van der Waals surface area contributed by atoms with E-state index in [1.54, 1.807) is 4.90 Å². The lowest BCUT2D eigenvalue weighted by Gasteiger charge is -2.35. The highest BCUT2D eigenvalue weighted by Crippen LogP contribution is 2.32. The third kappa shape index (κ3) is 9.57. The van der Waals surface area contributed by atoms with Crippen molar-refractivity contribution in [3.05, 3.63) is 41.1 Å². The van der Waals surface area contributed by atoms with Crippen molar-refractivity contribution >= 4 is 34.9 Å². The molecule has 2 N–H and O–H groups in total. The summed E-state index contributed by atoms with van der Waals surface area (Å²) in [6, 6.07) is 7.16. The quantitative estimate of drug-likeness (QED) is 0.151. The topological polar surface area (TPSA) is 70.7 Å². The molecule has 0 spiro atoms. The average Bonchev–Trinajstić information content (AvgIpc) is 2.84. The predicted octanol–water partition coefficient (Wildman–Crippen LogP) is 6.88. The summed E-state index contributed by atoms with van der Waals surface area (Å²) in [5.41, 5.74) is 2.86. The van der Waals surface area contributed by atoms with Crippen LogP contribution in [0.2, 0.25) is 0 Å². The van der Waals surface area contributed by atoms with E-state index in [0.29, 0.717) is 29.4 Å². The number of ether oxygens (including phenoxy) is 1. The van der Waals surface area contributed by atoms with E-state index >= 15 is 0 Å². The second-order valence-electron chi connectivity index (χ2n) is 10.2. The van der Waals surface area contributed by atoms with Gasteiger partial charge in [-0.15, -0.1) is 0 Å². The number of carbonyl (C=O) groups excluding carboxylic acids is 2. The summed E-state index contributed by atoms with van der Waals surface area (Å²) in [6.45, 7) is 8.48. The summed E-state index contributed by atoms with van der Waals surface area (Å²) < 4.78 is 5.56. The lowest BCUT2D eigenvalue weighted by Crippen LogP contribution is -2.46. The first-order valence-corrected chi connectivity index (χ1v) is 14.0. The van der Waals surface area contributed by atoms with Gasteiger partial charge in [-0.05, 0) is 49.2 Å². The van der Waals surface area contributed by atoms with Gasteiger partial charge in [-0.25, -0.2) is 4.79 Å². The van der Waals surface area contributed by atoms with Crippen LogP contribution in [0.4, 0.5) is 5.69 Å². The van der Waals surface area contributed by atoms with Gasteiger partial charge in [0.1, 0.15) is 0 Å². The Morgan fingerprint density at radius 1 is 1.08 bits per heavy atom. The Hall–Kier alpha value is -2.41. The van der Waals surface area contributed by atoms with Crippen LogP contribution in [0.3, 0.4) is 0 Å². The summed E-state index contributed by atoms with van der Waals surface area (Å²) in [6.07, 6.45) is 11.5. The van der Waals surface area contributed by atoms with Crippen LogP contribution in [0, 0.1) is 5.92 Å². The third-order valence-corrected chi connectivity index (χ3v) is 6.92. The molecule has 1 unspecified atom stereocenters. The fraction of sp³-hybridized carbons (Fsp3) is 0.621. The molecule has 1 aromatic rings. The van der Waals surface area contributed by atoms with Gasteiger partial charge in [-0.2, -0.15) is 0 Å². The van der Waals surface area contributed by atoms with E-state index in [1.807, 2.05) is 52.1 Å². The molecule has 1 amide bonds. The van der Waals surface area contributed by atoms with Gasteiger partial charge in [0.15, 0.2) is 5.11 Å². The lowest BCUT2D eigenvalue weighted by molar-refractivity contribution is -0.140. The number of amides is 1. The minimum absolute atomic E-state index is 0.0187. The SMILES string of the molecule is CCCCCCCCCCCC(=O)Nc1cccc(C2NC(=S)N(C)C(C)=C2C(=O)OCC(C)C)c1. The molecular formula is C29H45N3O3S. The summed E-state index contributed by atoms with van der Waals surface area (Å²) in [5.74, 6) is -0.0916. The standard InChI is InChI=1S/C29H45N3O3S/c1-6-7-8-9-10-11-12-13-14-18-25(33)30-24-17-15-16-23(19-24)27-26(28(34)35-20-21(2)3)22(4)32(5)29(36)31-27/h15-17,19,21,27H,6-14,18,20H2,1-5H3,(H,30,33)(H,31,36). The first kappa shape index (κ1) is 29.8. The van der Waals surface area contributed by atoms with Crippen molar-refractivity contribution in [1.29, 1.82) is 0 Å². The summed E-state index contributed by atoms with van der Waals surface area (Å²) in [7, 11) is 1.83. The molecule has 1 aliphatic rings. The Bertz CT molecular complexity index is 913. The third-order valence-electron chi connectivity index (χ3n) is 6.53. The number of nitrogens with zero attached hydrogens (tertiary/aromatic N) is 1. The van der Waals surface area contributed by atoms with Crippen molar-refractivity contribution in [1.82, 2.24) is 10.2 Å². The zero-order valence-electron chi connectivity index (χ0n) is 22.8. The van der Waals surface area contributed by atoms with E-state index < -0.39 is 6.04 Å². The van der Waals surface area contributed by atoms with Gasteiger partial charge < -0.3 is 20.3 Å². The van der Waals surface area contributed by atoms with Gasteiger partial charge in [-0.1, -0.05) is 84.3 Å². The van der Waals surface area contributed by atoms with Crippen LogP contribution in [0.1, 0.15) is 104 Å². The number of thiocarbonyl (C=S) groups is 1. The maximum Gasteiger partial charge on any atom is 0.338 e. The van der Waals surface area contributed by atoms with Crippen LogP contribution < -0.4 is 10.6 Å². The molecule has 36 heavy (non-hydrogen) atoms. The smallest absolute Gasteiger partial charge is 0.338 e. The van der Waals surface area contributed by atoms with Crippen LogP contribution in [0.5, 0.6) is 0 Å². The van der Waals surface area contributed by atoms with Crippen LogP contribution in [0.25, 0.3) is 0 Å². The van der Waals surface area contributed by atoms with E-state index in [9.17, 15) is 9.59 Å². The molecule has 0 aromatic heterocycles. The van der Waals surface area contributed by atoms with Crippen molar-refractivity contribution < 1.29 is 14.3 Å². The highest BCUT2D eigenvalue weighted by atomic mass is 32.1. The van der Waals surface area contributed by atoms with Gasteiger partial charge in [0.2, 0.25) is 5.91 Å². The molecule has 0 saturated carbocycles. The molecule has 0 saturated heterocycles. The maximum absolute atomic E-state index is 13.0. The Labute approximate surface area is 223 Å². The van der Waals surface area contributed by atoms with Crippen molar-refractivity contribution in [2.45, 2.75) is 97.9 Å². The summed E-state index contributed by atoms with van der Waals surface area (Å²) >= 11 is 5.49. The second kappa shape index (κ2) is 15.6. The molecule has 1 aromatic carbocycles. The predicted molar refractivity (Wildman–Crippen MR) is 152 cm³/mol. The summed E-state index contributed by atoms with van der Waals surface area (Å²) in [5, 5.41) is 6.83. The minimum atomic E-state index is -0.442. The zero-order chi connectivity index (χ0) is 26.5. The van der Waals surface area contributed by atoms with E-state index in [2.05, 4.69) is 17.6 Å². The first-order valence-electron chi connectivity index (χ1n) is 13.6. The highest BCUT2D eigenvalue weighted by Gasteiger charge is 2.33. The number of allylic oxidation sites excluding steroid dienone is 1. The average molecular weight is 516 g/mol. The van der Waals surface area contributed by atoms with E-state index in [0.717, 1.165) is 24.1 Å². The van der Waals surface area contributed by atoms with E-state index in [4.69, 9.17) is 17.0 Å². The molecule has 1 aliphatic heterocycles. The van der Waals surface area contributed by atoms with Crippen LogP contribution in [-0.2, 0) is 14.3 Å². The molecule has 2 rings (SSSR count). The Balaban J connectivity index is 1.96. The summed E-state index contributed by atoms with van der Waals surface area (Å²) in [4.78, 5) is 27.3. The molecule has 6 nitrogen and oxygen atoms in total. The highest BCUT2D eigenvalue weighted by molar-refractivity contribution is 7.80. The minimum Gasteiger partial charge on any atom is -0.462 e. The fourth-order valence-corrected chi connectivity index (χ4v) is 4.54. The van der Waals surface area contributed by atoms with E-state index in [-0.39, 0.29) is 17.8 Å². The molecule has 0 radical (unpaired) electrons. The zero-order valence-corrected chi connectivity index (χ0v) is 23.6.